The number of benzene rings is 4. The average Bonchev–Trinajstić information content (AvgIpc) is 3.39. The van der Waals surface area contributed by atoms with Crippen molar-refractivity contribution in [1.82, 2.24) is 10.9 Å². The third-order valence-corrected chi connectivity index (χ3v) is 8.22. The van der Waals surface area contributed by atoms with Gasteiger partial charge in [0.25, 0.3) is 5.91 Å². The topological polar surface area (TPSA) is 92.2 Å². The van der Waals surface area contributed by atoms with Crippen molar-refractivity contribution in [1.29, 1.82) is 0 Å². The van der Waals surface area contributed by atoms with Crippen LogP contribution in [0.3, 0.4) is 0 Å². The van der Waals surface area contributed by atoms with Crippen molar-refractivity contribution >= 4 is 43.7 Å². The summed E-state index contributed by atoms with van der Waals surface area (Å²) < 4.78 is 14.2. The molecule has 4 aromatic carbocycles. The Balaban J connectivity index is 1.51. The minimum atomic E-state index is -1.31. The SMILES string of the molecule is Cc1cccc(CNNC(=O)[C@@]2(Cc3ccc(Br)cc3)N=C(c3ccc(OCCCO)cc3)O[C@H]2c2ccc(Br)cc2)c1. The summed E-state index contributed by atoms with van der Waals surface area (Å²) in [7, 11) is 0. The van der Waals surface area contributed by atoms with E-state index in [1.54, 1.807) is 0 Å². The summed E-state index contributed by atoms with van der Waals surface area (Å²) in [6.45, 7) is 2.99. The Hall–Kier alpha value is -3.50. The predicted octanol–water partition coefficient (Wildman–Crippen LogP) is 6.60. The lowest BCUT2D eigenvalue weighted by Gasteiger charge is -2.31. The summed E-state index contributed by atoms with van der Waals surface area (Å²) >= 11 is 7.04. The monoisotopic (exact) mass is 705 g/mol. The highest BCUT2D eigenvalue weighted by molar-refractivity contribution is 9.10. The first-order chi connectivity index (χ1) is 20.9. The van der Waals surface area contributed by atoms with Gasteiger partial charge in [0.1, 0.15) is 5.75 Å². The van der Waals surface area contributed by atoms with Gasteiger partial charge < -0.3 is 14.6 Å². The molecule has 0 fully saturated rings. The molecule has 43 heavy (non-hydrogen) atoms. The fraction of sp³-hybridized carbons (Fsp3) is 0.235. The second kappa shape index (κ2) is 14.3. The van der Waals surface area contributed by atoms with E-state index in [9.17, 15) is 4.79 Å². The highest BCUT2D eigenvalue weighted by Gasteiger charge is 2.53. The molecule has 1 amide bonds. The molecule has 0 saturated heterocycles. The molecule has 0 spiro atoms. The van der Waals surface area contributed by atoms with E-state index in [1.807, 2.05) is 97.9 Å². The van der Waals surface area contributed by atoms with Gasteiger partial charge in [-0.25, -0.2) is 10.4 Å². The molecule has 9 heteroatoms. The number of carbonyl (C=O) groups excluding carboxylic acids is 1. The van der Waals surface area contributed by atoms with Crippen LogP contribution in [0, 0.1) is 6.92 Å². The second-order valence-electron chi connectivity index (χ2n) is 10.4. The number of rotatable bonds is 12. The Kier molecular flexibility index (Phi) is 10.3. The normalized spacial score (nSPS) is 17.7. The zero-order chi connectivity index (χ0) is 30.2. The molecule has 222 valence electrons. The largest absolute Gasteiger partial charge is 0.494 e. The molecule has 0 saturated carbocycles. The maximum Gasteiger partial charge on any atom is 0.266 e. The van der Waals surface area contributed by atoms with Crippen LogP contribution in [0.15, 0.2) is 111 Å². The average molecular weight is 707 g/mol. The molecule has 1 heterocycles. The van der Waals surface area contributed by atoms with E-state index in [1.165, 1.54) is 0 Å². The van der Waals surface area contributed by atoms with Crippen LogP contribution in [0.4, 0.5) is 0 Å². The number of aryl methyl sites for hydroxylation is 1. The number of hydrazine groups is 1. The fourth-order valence-electron chi connectivity index (χ4n) is 4.99. The molecule has 1 aliphatic rings. The highest BCUT2D eigenvalue weighted by atomic mass is 79.9. The van der Waals surface area contributed by atoms with E-state index in [-0.39, 0.29) is 12.5 Å². The summed E-state index contributed by atoms with van der Waals surface area (Å²) in [4.78, 5) is 19.4. The number of amides is 1. The first-order valence-electron chi connectivity index (χ1n) is 14.1. The Bertz CT molecular complexity index is 1560. The van der Waals surface area contributed by atoms with Gasteiger partial charge in [-0.05, 0) is 72.1 Å². The molecule has 5 rings (SSSR count). The van der Waals surface area contributed by atoms with Gasteiger partial charge in [0.15, 0.2) is 11.6 Å². The first kappa shape index (κ1) is 30.9. The molecule has 0 unspecified atom stereocenters. The summed E-state index contributed by atoms with van der Waals surface area (Å²) in [5.74, 6) is 0.759. The quantitative estimate of drug-likeness (QED) is 0.114. The minimum Gasteiger partial charge on any atom is -0.494 e. The number of hydrogen-bond acceptors (Lipinski definition) is 6. The number of aliphatic imine (C=N–C) groups is 1. The lowest BCUT2D eigenvalue weighted by atomic mass is 9.82. The Morgan fingerprint density at radius 3 is 2.33 bits per heavy atom. The van der Waals surface area contributed by atoms with Crippen LogP contribution < -0.4 is 15.6 Å². The maximum atomic E-state index is 14.3. The van der Waals surface area contributed by atoms with Gasteiger partial charge in [0, 0.05) is 40.5 Å². The minimum absolute atomic E-state index is 0.0720. The van der Waals surface area contributed by atoms with E-state index >= 15 is 0 Å². The van der Waals surface area contributed by atoms with Crippen LogP contribution in [-0.4, -0.2) is 35.7 Å². The lowest BCUT2D eigenvalue weighted by Crippen LogP contribution is -2.53. The molecule has 1 aliphatic heterocycles. The molecule has 0 aromatic heterocycles. The first-order valence-corrected chi connectivity index (χ1v) is 15.6. The molecular weight excluding hydrogens is 674 g/mol. The van der Waals surface area contributed by atoms with Crippen LogP contribution in [0.25, 0.3) is 0 Å². The summed E-state index contributed by atoms with van der Waals surface area (Å²) in [5.41, 5.74) is 9.47. The van der Waals surface area contributed by atoms with E-state index < -0.39 is 11.6 Å². The summed E-state index contributed by atoms with van der Waals surface area (Å²) in [5, 5.41) is 9.05. The maximum absolute atomic E-state index is 14.3. The molecule has 0 aliphatic carbocycles. The predicted molar refractivity (Wildman–Crippen MR) is 175 cm³/mol. The van der Waals surface area contributed by atoms with Crippen molar-refractivity contribution in [2.24, 2.45) is 4.99 Å². The van der Waals surface area contributed by atoms with Gasteiger partial charge in [-0.2, -0.15) is 0 Å². The van der Waals surface area contributed by atoms with E-state index in [0.29, 0.717) is 37.6 Å². The van der Waals surface area contributed by atoms with Crippen molar-refractivity contribution in [3.05, 3.63) is 134 Å². The van der Waals surface area contributed by atoms with Crippen LogP contribution in [0.5, 0.6) is 5.75 Å². The van der Waals surface area contributed by atoms with Crippen LogP contribution in [-0.2, 0) is 22.5 Å². The van der Waals surface area contributed by atoms with Crippen molar-refractivity contribution in [3.8, 4) is 5.75 Å². The molecule has 7 nitrogen and oxygen atoms in total. The van der Waals surface area contributed by atoms with Crippen molar-refractivity contribution in [2.75, 3.05) is 13.2 Å². The number of ether oxygens (including phenoxy) is 2. The van der Waals surface area contributed by atoms with Crippen molar-refractivity contribution < 1.29 is 19.4 Å². The van der Waals surface area contributed by atoms with Crippen LogP contribution in [0.2, 0.25) is 0 Å². The van der Waals surface area contributed by atoms with E-state index in [0.717, 1.165) is 36.8 Å². The molecule has 3 N–H and O–H groups in total. The van der Waals surface area contributed by atoms with Crippen LogP contribution in [0.1, 0.15) is 40.3 Å². The van der Waals surface area contributed by atoms with E-state index in [4.69, 9.17) is 19.6 Å². The number of nitrogens with zero attached hydrogens (tertiary/aromatic N) is 1. The highest BCUT2D eigenvalue weighted by Crippen LogP contribution is 2.43. The number of hydrogen-bond donors (Lipinski definition) is 3. The Morgan fingerprint density at radius 1 is 0.953 bits per heavy atom. The molecular formula is C34H33Br2N3O4. The Morgan fingerprint density at radius 2 is 1.65 bits per heavy atom. The third kappa shape index (κ3) is 7.72. The number of aliphatic hydroxyl groups is 1. The van der Waals surface area contributed by atoms with Crippen LogP contribution >= 0.6 is 31.9 Å². The van der Waals surface area contributed by atoms with Gasteiger partial charge in [-0.15, -0.1) is 0 Å². The van der Waals surface area contributed by atoms with E-state index in [2.05, 4.69) is 48.8 Å². The lowest BCUT2D eigenvalue weighted by molar-refractivity contribution is -0.130. The zero-order valence-corrected chi connectivity index (χ0v) is 26.9. The fourth-order valence-corrected chi connectivity index (χ4v) is 5.52. The summed E-state index contributed by atoms with van der Waals surface area (Å²) in [6.07, 6.45) is 0.170. The molecule has 4 aromatic rings. The number of halogens is 2. The van der Waals surface area contributed by atoms with Gasteiger partial charge in [-0.3, -0.25) is 10.2 Å². The number of nitrogens with one attached hydrogen (secondary N) is 2. The molecule has 2 atom stereocenters. The standard InChI is InChI=1S/C34H33Br2N3O4/c1-23-4-2-5-25(20-23)22-37-39-33(41)34(21-24-6-12-28(35)13-7-24)31(26-8-14-29(36)15-9-26)43-32(38-34)27-10-16-30(17-11-27)42-19-3-18-40/h2,4-17,20,31,37,40H,3,18-19,21-22H2,1H3,(H,39,41)/t31-,34-/m0/s1. The van der Waals surface area contributed by atoms with Gasteiger partial charge in [-0.1, -0.05) is 86.0 Å². The molecule has 0 radical (unpaired) electrons. The molecule has 0 bridgehead atoms. The Labute approximate surface area is 268 Å². The van der Waals surface area contributed by atoms with Crippen molar-refractivity contribution in [3.63, 3.8) is 0 Å². The second-order valence-corrected chi connectivity index (χ2v) is 12.3. The third-order valence-electron chi connectivity index (χ3n) is 7.17. The van der Waals surface area contributed by atoms with Crippen molar-refractivity contribution in [2.45, 2.75) is 38.0 Å². The van der Waals surface area contributed by atoms with Gasteiger partial charge >= 0.3 is 0 Å². The summed E-state index contributed by atoms with van der Waals surface area (Å²) in [6, 6.07) is 31.2. The van der Waals surface area contributed by atoms with Gasteiger partial charge in [0.2, 0.25) is 5.90 Å². The number of aliphatic hydroxyl groups excluding tert-OH is 1. The number of carbonyl (C=O) groups is 1. The smallest absolute Gasteiger partial charge is 0.266 e. The zero-order valence-electron chi connectivity index (χ0n) is 23.7. The van der Waals surface area contributed by atoms with Gasteiger partial charge in [0.05, 0.1) is 6.61 Å².